The van der Waals surface area contributed by atoms with Crippen molar-refractivity contribution in [3.63, 3.8) is 0 Å². The first-order valence-corrected chi connectivity index (χ1v) is 8.11. The largest absolute Gasteiger partial charge is 0.368 e. The Morgan fingerprint density at radius 3 is 2.32 bits per heavy atom. The first-order chi connectivity index (χ1) is 10.7. The van der Waals surface area contributed by atoms with E-state index in [0.29, 0.717) is 13.1 Å². The summed E-state index contributed by atoms with van der Waals surface area (Å²) in [7, 11) is 0. The minimum Gasteiger partial charge on any atom is -0.368 e. The van der Waals surface area contributed by atoms with E-state index in [0.717, 1.165) is 50.9 Å². The number of aromatic nitrogens is 1. The number of carbonyl (C=O) groups is 1. The molecule has 0 radical (unpaired) electrons. The van der Waals surface area contributed by atoms with Crippen molar-refractivity contribution in [2.45, 2.75) is 32.1 Å². The molecule has 0 spiro atoms. The molecule has 2 aliphatic rings. The summed E-state index contributed by atoms with van der Waals surface area (Å²) in [5.41, 5.74) is 0.395. The molecular formula is C17H22N4O. The van der Waals surface area contributed by atoms with Crippen LogP contribution in [0.5, 0.6) is 0 Å². The number of nitrogens with zero attached hydrogens (tertiary/aromatic N) is 4. The van der Waals surface area contributed by atoms with Crippen LogP contribution >= 0.6 is 0 Å². The van der Waals surface area contributed by atoms with E-state index < -0.39 is 5.41 Å². The van der Waals surface area contributed by atoms with Gasteiger partial charge in [-0.3, -0.25) is 9.78 Å². The third-order valence-corrected chi connectivity index (χ3v) is 4.93. The summed E-state index contributed by atoms with van der Waals surface area (Å²) in [6.07, 6.45) is 8.18. The molecule has 1 aromatic rings. The lowest BCUT2D eigenvalue weighted by Gasteiger charge is -2.40. The molecule has 1 aliphatic heterocycles. The van der Waals surface area contributed by atoms with Crippen molar-refractivity contribution in [3.05, 3.63) is 24.5 Å². The van der Waals surface area contributed by atoms with Crippen molar-refractivity contribution in [1.82, 2.24) is 9.88 Å². The molecule has 1 amide bonds. The van der Waals surface area contributed by atoms with Crippen molar-refractivity contribution < 1.29 is 4.79 Å². The number of pyridine rings is 1. The highest BCUT2D eigenvalue weighted by molar-refractivity contribution is 5.85. The minimum atomic E-state index is -0.753. The number of hydrogen-bond donors (Lipinski definition) is 0. The second-order valence-electron chi connectivity index (χ2n) is 6.24. The van der Waals surface area contributed by atoms with Gasteiger partial charge in [-0.05, 0) is 25.0 Å². The number of carbonyl (C=O) groups excluding carboxylic acids is 1. The van der Waals surface area contributed by atoms with Crippen LogP contribution in [0.2, 0.25) is 0 Å². The van der Waals surface area contributed by atoms with E-state index in [2.05, 4.69) is 16.0 Å². The van der Waals surface area contributed by atoms with Crippen molar-refractivity contribution in [2.24, 2.45) is 5.41 Å². The lowest BCUT2D eigenvalue weighted by molar-refractivity contribution is -0.140. The van der Waals surface area contributed by atoms with Crippen molar-refractivity contribution in [3.8, 4) is 6.07 Å². The van der Waals surface area contributed by atoms with Gasteiger partial charge in [0.15, 0.2) is 0 Å². The minimum absolute atomic E-state index is 0.0593. The van der Waals surface area contributed by atoms with Crippen LogP contribution in [-0.4, -0.2) is 42.0 Å². The summed E-state index contributed by atoms with van der Waals surface area (Å²) in [6.45, 7) is 3.03. The average molecular weight is 298 g/mol. The highest BCUT2D eigenvalue weighted by atomic mass is 16.2. The van der Waals surface area contributed by atoms with Gasteiger partial charge in [-0.25, -0.2) is 0 Å². The topological polar surface area (TPSA) is 60.2 Å². The highest BCUT2D eigenvalue weighted by Crippen LogP contribution is 2.37. The van der Waals surface area contributed by atoms with Crippen LogP contribution in [-0.2, 0) is 4.79 Å². The van der Waals surface area contributed by atoms with Crippen LogP contribution in [0, 0.1) is 16.7 Å². The summed E-state index contributed by atoms with van der Waals surface area (Å²) >= 11 is 0. The van der Waals surface area contributed by atoms with Gasteiger partial charge in [0.2, 0.25) is 5.91 Å². The molecule has 0 bridgehead atoms. The second kappa shape index (κ2) is 6.35. The van der Waals surface area contributed by atoms with E-state index in [1.165, 1.54) is 0 Å². The van der Waals surface area contributed by atoms with Gasteiger partial charge in [0, 0.05) is 44.3 Å². The zero-order valence-electron chi connectivity index (χ0n) is 12.9. The Labute approximate surface area is 131 Å². The monoisotopic (exact) mass is 298 g/mol. The van der Waals surface area contributed by atoms with E-state index >= 15 is 0 Å². The predicted octanol–water partition coefficient (Wildman–Crippen LogP) is 2.20. The quantitative estimate of drug-likeness (QED) is 0.840. The Bertz CT molecular complexity index is 552. The van der Waals surface area contributed by atoms with Crippen LogP contribution in [0.1, 0.15) is 32.1 Å². The van der Waals surface area contributed by atoms with E-state index in [1.807, 2.05) is 17.0 Å². The molecule has 1 saturated carbocycles. The van der Waals surface area contributed by atoms with Crippen LogP contribution in [0.15, 0.2) is 24.5 Å². The number of anilines is 1. The van der Waals surface area contributed by atoms with E-state index in [9.17, 15) is 10.1 Å². The fourth-order valence-electron chi connectivity index (χ4n) is 3.55. The molecule has 0 atom stereocenters. The smallest absolute Gasteiger partial charge is 0.243 e. The zero-order chi connectivity index (χ0) is 15.4. The Kier molecular flexibility index (Phi) is 4.28. The van der Waals surface area contributed by atoms with Gasteiger partial charge in [0.25, 0.3) is 0 Å². The average Bonchev–Trinajstić information content (AvgIpc) is 2.62. The van der Waals surface area contributed by atoms with Gasteiger partial charge >= 0.3 is 0 Å². The van der Waals surface area contributed by atoms with E-state index in [-0.39, 0.29) is 5.91 Å². The standard InChI is InChI=1S/C17H22N4O/c18-14-17(6-2-1-3-7-17)16(22)21-12-10-20(11-13-21)15-4-8-19-9-5-15/h4-5,8-9H,1-3,6-7,10-13H2. The second-order valence-corrected chi connectivity index (χ2v) is 6.24. The molecule has 1 aromatic heterocycles. The zero-order valence-corrected chi connectivity index (χ0v) is 12.9. The van der Waals surface area contributed by atoms with Crippen molar-refractivity contribution in [2.75, 3.05) is 31.1 Å². The molecule has 2 heterocycles. The van der Waals surface area contributed by atoms with Gasteiger partial charge in [-0.15, -0.1) is 0 Å². The lowest BCUT2D eigenvalue weighted by Crippen LogP contribution is -2.53. The van der Waals surface area contributed by atoms with Gasteiger partial charge in [-0.1, -0.05) is 19.3 Å². The Morgan fingerprint density at radius 1 is 1.09 bits per heavy atom. The molecule has 1 saturated heterocycles. The summed E-state index contributed by atoms with van der Waals surface area (Å²) in [5, 5.41) is 9.56. The molecule has 0 aromatic carbocycles. The fraction of sp³-hybridized carbons (Fsp3) is 0.588. The predicted molar refractivity (Wildman–Crippen MR) is 84.2 cm³/mol. The molecule has 5 heteroatoms. The number of nitriles is 1. The van der Waals surface area contributed by atoms with Crippen LogP contribution in [0.4, 0.5) is 5.69 Å². The van der Waals surface area contributed by atoms with Crippen molar-refractivity contribution in [1.29, 1.82) is 5.26 Å². The van der Waals surface area contributed by atoms with Gasteiger partial charge < -0.3 is 9.80 Å². The van der Waals surface area contributed by atoms with Crippen molar-refractivity contribution >= 4 is 11.6 Å². The maximum Gasteiger partial charge on any atom is 0.243 e. The number of rotatable bonds is 2. The summed E-state index contributed by atoms with van der Waals surface area (Å²) in [4.78, 5) is 21.0. The molecule has 2 fully saturated rings. The molecule has 116 valence electrons. The fourth-order valence-corrected chi connectivity index (χ4v) is 3.55. The van der Waals surface area contributed by atoms with Gasteiger partial charge in [0.05, 0.1) is 6.07 Å². The number of amides is 1. The molecule has 0 N–H and O–H groups in total. The normalized spacial score (nSPS) is 21.2. The maximum atomic E-state index is 12.8. The maximum absolute atomic E-state index is 12.8. The first kappa shape index (κ1) is 14.8. The number of hydrogen-bond acceptors (Lipinski definition) is 4. The third-order valence-electron chi connectivity index (χ3n) is 4.93. The molecule has 1 aliphatic carbocycles. The van der Waals surface area contributed by atoms with E-state index in [1.54, 1.807) is 12.4 Å². The third kappa shape index (κ3) is 2.78. The lowest BCUT2D eigenvalue weighted by atomic mass is 9.74. The number of piperazine rings is 1. The summed E-state index contributed by atoms with van der Waals surface area (Å²) in [5.74, 6) is 0.0593. The highest BCUT2D eigenvalue weighted by Gasteiger charge is 2.43. The SMILES string of the molecule is N#CC1(C(=O)N2CCN(c3ccncc3)CC2)CCCCC1. The summed E-state index contributed by atoms with van der Waals surface area (Å²) < 4.78 is 0. The van der Waals surface area contributed by atoms with Crippen LogP contribution in [0.25, 0.3) is 0 Å². The Hall–Kier alpha value is -2.09. The Morgan fingerprint density at radius 2 is 1.73 bits per heavy atom. The molecule has 0 unspecified atom stereocenters. The molecule has 5 nitrogen and oxygen atoms in total. The first-order valence-electron chi connectivity index (χ1n) is 8.11. The molecule has 22 heavy (non-hydrogen) atoms. The Balaban J connectivity index is 1.63. The van der Waals surface area contributed by atoms with E-state index in [4.69, 9.17) is 0 Å². The van der Waals surface area contributed by atoms with Gasteiger partial charge in [0.1, 0.15) is 5.41 Å². The van der Waals surface area contributed by atoms with Crippen LogP contribution in [0.3, 0.4) is 0 Å². The molecular weight excluding hydrogens is 276 g/mol. The van der Waals surface area contributed by atoms with Crippen LogP contribution < -0.4 is 4.90 Å². The summed E-state index contributed by atoms with van der Waals surface area (Å²) in [6, 6.07) is 6.34. The van der Waals surface area contributed by atoms with Gasteiger partial charge in [-0.2, -0.15) is 5.26 Å². The molecule has 3 rings (SSSR count).